The maximum atomic E-state index is 12.1. The third-order valence-corrected chi connectivity index (χ3v) is 4.88. The number of hydrogen-bond acceptors (Lipinski definition) is 2. The summed E-state index contributed by atoms with van der Waals surface area (Å²) in [6.45, 7) is 8.67. The van der Waals surface area contributed by atoms with E-state index in [2.05, 4.69) is 35.1 Å². The average Bonchev–Trinajstić information content (AvgIpc) is 2.70. The van der Waals surface area contributed by atoms with E-state index in [0.717, 1.165) is 23.9 Å². The molecule has 0 aliphatic heterocycles. The van der Waals surface area contributed by atoms with E-state index < -0.39 is 0 Å². The molecule has 0 aliphatic carbocycles. The summed E-state index contributed by atoms with van der Waals surface area (Å²) in [6, 6.07) is 1.79. The lowest BCUT2D eigenvalue weighted by molar-refractivity contribution is 0.0931. The SMILES string of the molecule is CCC(CC)(CBr)CNC(=O)c1cc(C)oc1C. The van der Waals surface area contributed by atoms with Crippen LogP contribution < -0.4 is 5.32 Å². The minimum absolute atomic E-state index is 0.0448. The first kappa shape index (κ1) is 15.3. The monoisotopic (exact) mass is 315 g/mol. The van der Waals surface area contributed by atoms with Crippen LogP contribution in [0.5, 0.6) is 0 Å². The van der Waals surface area contributed by atoms with Gasteiger partial charge in [-0.15, -0.1) is 0 Å². The van der Waals surface area contributed by atoms with Crippen LogP contribution in [0.1, 0.15) is 48.6 Å². The Balaban J connectivity index is 2.69. The van der Waals surface area contributed by atoms with Gasteiger partial charge in [0.2, 0.25) is 0 Å². The third-order valence-electron chi connectivity index (χ3n) is 3.69. The van der Waals surface area contributed by atoms with Crippen LogP contribution in [0.2, 0.25) is 0 Å². The Morgan fingerprint density at radius 3 is 2.39 bits per heavy atom. The summed E-state index contributed by atoms with van der Waals surface area (Å²) < 4.78 is 5.38. The van der Waals surface area contributed by atoms with Crippen molar-refractivity contribution in [1.29, 1.82) is 0 Å². The van der Waals surface area contributed by atoms with Gasteiger partial charge in [0.25, 0.3) is 5.91 Å². The second kappa shape index (κ2) is 6.41. The largest absolute Gasteiger partial charge is 0.466 e. The van der Waals surface area contributed by atoms with E-state index in [-0.39, 0.29) is 11.3 Å². The van der Waals surface area contributed by atoms with Crippen LogP contribution in [0.4, 0.5) is 0 Å². The van der Waals surface area contributed by atoms with Crippen molar-refractivity contribution in [3.8, 4) is 0 Å². The Labute approximate surface area is 117 Å². The van der Waals surface area contributed by atoms with Crippen LogP contribution in [0.15, 0.2) is 10.5 Å². The molecule has 1 aromatic heterocycles. The molecule has 0 bridgehead atoms. The second-order valence-corrected chi connectivity index (χ2v) is 5.41. The van der Waals surface area contributed by atoms with Gasteiger partial charge >= 0.3 is 0 Å². The van der Waals surface area contributed by atoms with E-state index in [1.807, 2.05) is 13.8 Å². The van der Waals surface area contributed by atoms with Gasteiger partial charge in [-0.2, -0.15) is 0 Å². The van der Waals surface area contributed by atoms with Crippen molar-refractivity contribution < 1.29 is 9.21 Å². The summed E-state index contributed by atoms with van der Waals surface area (Å²) in [7, 11) is 0. The normalized spacial score (nSPS) is 11.6. The molecule has 4 heteroatoms. The maximum Gasteiger partial charge on any atom is 0.254 e. The van der Waals surface area contributed by atoms with Crippen LogP contribution in [0.25, 0.3) is 0 Å². The lowest BCUT2D eigenvalue weighted by atomic mass is 9.84. The Hall–Kier alpha value is -0.770. The van der Waals surface area contributed by atoms with Crippen LogP contribution in [0.3, 0.4) is 0 Å². The fraction of sp³-hybridized carbons (Fsp3) is 0.643. The van der Waals surface area contributed by atoms with Crippen molar-refractivity contribution in [1.82, 2.24) is 5.32 Å². The fourth-order valence-electron chi connectivity index (χ4n) is 1.96. The molecule has 0 unspecified atom stereocenters. The molecular weight excluding hydrogens is 294 g/mol. The number of nitrogens with one attached hydrogen (secondary N) is 1. The van der Waals surface area contributed by atoms with Gasteiger partial charge < -0.3 is 9.73 Å². The zero-order chi connectivity index (χ0) is 13.8. The molecule has 1 N–H and O–H groups in total. The smallest absolute Gasteiger partial charge is 0.254 e. The Kier molecular flexibility index (Phi) is 5.45. The molecule has 0 saturated heterocycles. The average molecular weight is 316 g/mol. The molecule has 0 aliphatic rings. The van der Waals surface area contributed by atoms with E-state index in [9.17, 15) is 4.79 Å². The Morgan fingerprint density at radius 2 is 2.00 bits per heavy atom. The number of halogens is 1. The number of carbonyl (C=O) groups is 1. The Morgan fingerprint density at radius 1 is 1.39 bits per heavy atom. The number of amides is 1. The highest BCUT2D eigenvalue weighted by atomic mass is 79.9. The minimum Gasteiger partial charge on any atom is -0.466 e. The molecule has 0 saturated carbocycles. The molecule has 1 rings (SSSR count). The summed E-state index contributed by atoms with van der Waals surface area (Å²) in [4.78, 5) is 12.1. The quantitative estimate of drug-likeness (QED) is 0.811. The predicted octanol–water partition coefficient (Wildman–Crippen LogP) is 3.83. The standard InChI is InChI=1S/C14H22BrNO2/c1-5-14(6-2,8-15)9-16-13(17)12-7-10(3)18-11(12)4/h7H,5-6,8-9H2,1-4H3,(H,16,17). The van der Waals surface area contributed by atoms with Crippen molar-refractivity contribution in [2.45, 2.75) is 40.5 Å². The number of furan rings is 1. The summed E-state index contributed by atoms with van der Waals surface area (Å²) in [5.41, 5.74) is 0.783. The number of aryl methyl sites for hydroxylation is 2. The number of rotatable bonds is 6. The molecule has 1 aromatic rings. The molecule has 1 heterocycles. The Bertz CT molecular complexity index is 400. The highest BCUT2D eigenvalue weighted by Gasteiger charge is 2.26. The van der Waals surface area contributed by atoms with Crippen molar-refractivity contribution in [3.05, 3.63) is 23.2 Å². The first-order valence-corrected chi connectivity index (χ1v) is 7.51. The van der Waals surface area contributed by atoms with Gasteiger partial charge in [0, 0.05) is 11.9 Å². The van der Waals surface area contributed by atoms with Gasteiger partial charge in [0.1, 0.15) is 11.5 Å². The van der Waals surface area contributed by atoms with Crippen LogP contribution in [-0.2, 0) is 0 Å². The molecule has 0 radical (unpaired) electrons. The molecule has 18 heavy (non-hydrogen) atoms. The lowest BCUT2D eigenvalue weighted by Gasteiger charge is -2.29. The van der Waals surface area contributed by atoms with Gasteiger partial charge in [-0.25, -0.2) is 0 Å². The first-order valence-electron chi connectivity index (χ1n) is 6.39. The molecule has 0 fully saturated rings. The molecule has 3 nitrogen and oxygen atoms in total. The highest BCUT2D eigenvalue weighted by Crippen LogP contribution is 2.28. The summed E-state index contributed by atoms with van der Waals surface area (Å²) in [5.74, 6) is 1.41. The summed E-state index contributed by atoms with van der Waals surface area (Å²) >= 11 is 3.55. The summed E-state index contributed by atoms with van der Waals surface area (Å²) in [6.07, 6.45) is 2.08. The van der Waals surface area contributed by atoms with Gasteiger partial charge in [0.15, 0.2) is 0 Å². The molecule has 0 spiro atoms. The second-order valence-electron chi connectivity index (χ2n) is 4.85. The molecule has 0 atom stereocenters. The fourth-order valence-corrected chi connectivity index (χ4v) is 2.95. The van der Waals surface area contributed by atoms with Crippen molar-refractivity contribution in [2.24, 2.45) is 5.41 Å². The van der Waals surface area contributed by atoms with Gasteiger partial charge in [0.05, 0.1) is 5.56 Å². The first-order chi connectivity index (χ1) is 8.48. The number of alkyl halides is 1. The minimum atomic E-state index is -0.0448. The molecule has 1 amide bonds. The zero-order valence-corrected chi connectivity index (χ0v) is 13.2. The predicted molar refractivity (Wildman–Crippen MR) is 77.3 cm³/mol. The van der Waals surface area contributed by atoms with E-state index in [0.29, 0.717) is 17.9 Å². The summed E-state index contributed by atoms with van der Waals surface area (Å²) in [5, 5.41) is 3.92. The third kappa shape index (κ3) is 3.37. The van der Waals surface area contributed by atoms with Gasteiger partial charge in [-0.3, -0.25) is 4.79 Å². The van der Waals surface area contributed by atoms with E-state index in [4.69, 9.17) is 4.42 Å². The highest BCUT2D eigenvalue weighted by molar-refractivity contribution is 9.09. The lowest BCUT2D eigenvalue weighted by Crippen LogP contribution is -2.38. The van der Waals surface area contributed by atoms with Gasteiger partial charge in [-0.1, -0.05) is 29.8 Å². The van der Waals surface area contributed by atoms with Crippen LogP contribution in [-0.4, -0.2) is 17.8 Å². The van der Waals surface area contributed by atoms with Crippen LogP contribution in [0, 0.1) is 19.3 Å². The van der Waals surface area contributed by atoms with E-state index in [1.165, 1.54) is 0 Å². The van der Waals surface area contributed by atoms with Crippen LogP contribution >= 0.6 is 15.9 Å². The van der Waals surface area contributed by atoms with Crippen molar-refractivity contribution in [3.63, 3.8) is 0 Å². The number of hydrogen-bond donors (Lipinski definition) is 1. The zero-order valence-electron chi connectivity index (χ0n) is 11.6. The molecular formula is C14H22BrNO2. The van der Waals surface area contributed by atoms with E-state index >= 15 is 0 Å². The molecule has 102 valence electrons. The van der Waals surface area contributed by atoms with Crippen molar-refractivity contribution >= 4 is 21.8 Å². The van der Waals surface area contributed by atoms with E-state index in [1.54, 1.807) is 6.07 Å². The van der Waals surface area contributed by atoms with Gasteiger partial charge in [-0.05, 0) is 38.2 Å². The maximum absolute atomic E-state index is 12.1. The molecule has 0 aromatic carbocycles. The number of carbonyl (C=O) groups excluding carboxylic acids is 1. The van der Waals surface area contributed by atoms with Crippen molar-refractivity contribution in [2.75, 3.05) is 11.9 Å². The topological polar surface area (TPSA) is 42.2 Å².